The third kappa shape index (κ3) is 4.97. The number of ether oxygens (including phenoxy) is 2. The highest BCUT2D eigenvalue weighted by atomic mass is 32.2. The van der Waals surface area contributed by atoms with E-state index in [0.29, 0.717) is 29.5 Å². The Hall–Kier alpha value is -4.87. The molecular weight excluding hydrogens is 671 g/mol. The Labute approximate surface area is 296 Å². The Balaban J connectivity index is 1.00. The molecule has 3 heterocycles. The molecule has 1 saturated heterocycles. The number of fused-ring (bicyclic) bond motifs is 10. The summed E-state index contributed by atoms with van der Waals surface area (Å²) in [4.78, 5) is 58.9. The molecule has 9 nitrogen and oxygen atoms in total. The number of amides is 3. The van der Waals surface area contributed by atoms with Crippen molar-refractivity contribution in [3.8, 4) is 11.5 Å². The average Bonchev–Trinajstić information content (AvgIpc) is 3.86. The van der Waals surface area contributed by atoms with Gasteiger partial charge in [0.2, 0.25) is 11.8 Å². The van der Waals surface area contributed by atoms with Crippen molar-refractivity contribution in [1.29, 1.82) is 0 Å². The minimum Gasteiger partial charge on any atom is -0.490 e. The molecular formula is C39H33N3O6S2. The lowest BCUT2D eigenvalue weighted by molar-refractivity contribution is -0.123. The number of H-pyrrole nitrogens is 1. The predicted octanol–water partition coefficient (Wildman–Crippen LogP) is 6.68. The van der Waals surface area contributed by atoms with E-state index in [1.54, 1.807) is 11.8 Å². The first kappa shape index (κ1) is 31.1. The molecule has 2 aliphatic carbocycles. The van der Waals surface area contributed by atoms with E-state index in [4.69, 9.17) is 9.47 Å². The van der Waals surface area contributed by atoms with Crippen LogP contribution >= 0.6 is 23.1 Å². The Morgan fingerprint density at radius 1 is 0.860 bits per heavy atom. The lowest BCUT2D eigenvalue weighted by atomic mass is 9.68. The van der Waals surface area contributed by atoms with Crippen LogP contribution in [0.4, 0.5) is 11.4 Å². The number of nitrogens with zero attached hydrogens (tertiary/aromatic N) is 1. The highest BCUT2D eigenvalue weighted by molar-refractivity contribution is 8.00. The molecule has 7 atom stereocenters. The number of aromatic amines is 1. The van der Waals surface area contributed by atoms with Crippen LogP contribution in [0.2, 0.25) is 0 Å². The number of benzene rings is 4. The average molecular weight is 704 g/mol. The third-order valence-electron chi connectivity index (χ3n) is 10.8. The fraction of sp³-hybridized carbons (Fsp3) is 0.282. The van der Waals surface area contributed by atoms with Crippen LogP contribution in [-0.4, -0.2) is 41.2 Å². The molecule has 9 rings (SSSR count). The van der Waals surface area contributed by atoms with E-state index in [0.717, 1.165) is 32.7 Å². The SMILES string of the molecule is CCOc1cc([C@H]2c3sc(=O)[nH]c3SC3C2[C@H]2C[C@@H]3C3C(=O)N(c4ccccc4)C(=O)C32)ccc1OCC(=O)Nc1ccc2ccccc2c1. The zero-order chi connectivity index (χ0) is 34.1. The van der Waals surface area contributed by atoms with Gasteiger partial charge in [0, 0.05) is 21.7 Å². The van der Waals surface area contributed by atoms with Gasteiger partial charge in [-0.3, -0.25) is 24.1 Å². The Kier molecular flexibility index (Phi) is 7.58. The van der Waals surface area contributed by atoms with Gasteiger partial charge in [-0.1, -0.05) is 65.9 Å². The minimum absolute atomic E-state index is 0.00622. The molecule has 11 heteroatoms. The largest absolute Gasteiger partial charge is 0.490 e. The predicted molar refractivity (Wildman–Crippen MR) is 193 cm³/mol. The minimum atomic E-state index is -0.385. The Bertz CT molecular complexity index is 2230. The lowest BCUT2D eigenvalue weighted by Crippen LogP contribution is -2.42. The summed E-state index contributed by atoms with van der Waals surface area (Å²) in [7, 11) is 0. The number of carbonyl (C=O) groups is 3. The second-order valence-electron chi connectivity index (χ2n) is 13.3. The number of hydrogen-bond acceptors (Lipinski definition) is 8. The maximum Gasteiger partial charge on any atom is 0.305 e. The molecule has 2 aliphatic heterocycles. The van der Waals surface area contributed by atoms with E-state index >= 15 is 0 Å². The molecule has 5 aromatic rings. The van der Waals surface area contributed by atoms with E-state index < -0.39 is 0 Å². The summed E-state index contributed by atoms with van der Waals surface area (Å²) >= 11 is 2.87. The first-order valence-corrected chi connectivity index (χ1v) is 18.6. The van der Waals surface area contributed by atoms with Crippen LogP contribution in [0, 0.1) is 29.6 Å². The van der Waals surface area contributed by atoms with E-state index in [9.17, 15) is 19.2 Å². The van der Waals surface area contributed by atoms with Gasteiger partial charge in [0.05, 0.1) is 29.2 Å². The van der Waals surface area contributed by atoms with Gasteiger partial charge >= 0.3 is 4.87 Å². The topological polar surface area (TPSA) is 118 Å². The van der Waals surface area contributed by atoms with E-state index in [2.05, 4.69) is 10.3 Å². The number of nitrogens with one attached hydrogen (secondary N) is 2. The van der Waals surface area contributed by atoms with E-state index in [1.807, 2.05) is 97.9 Å². The van der Waals surface area contributed by atoms with Crippen LogP contribution < -0.4 is 24.6 Å². The molecule has 4 aromatic carbocycles. The van der Waals surface area contributed by atoms with Crippen molar-refractivity contribution in [2.75, 3.05) is 23.4 Å². The van der Waals surface area contributed by atoms with Crippen LogP contribution in [0.1, 0.15) is 29.7 Å². The first-order valence-electron chi connectivity index (χ1n) is 16.9. The molecule has 1 aromatic heterocycles. The van der Waals surface area contributed by atoms with Gasteiger partial charge < -0.3 is 19.8 Å². The second-order valence-corrected chi connectivity index (χ2v) is 15.5. The maximum absolute atomic E-state index is 14.0. The first-order chi connectivity index (χ1) is 24.4. The molecule has 252 valence electrons. The Morgan fingerprint density at radius 3 is 2.42 bits per heavy atom. The summed E-state index contributed by atoms with van der Waals surface area (Å²) in [6.45, 7) is 2.07. The summed E-state index contributed by atoms with van der Waals surface area (Å²) in [6, 6.07) is 28.7. The summed E-state index contributed by atoms with van der Waals surface area (Å²) in [5, 5.41) is 5.95. The van der Waals surface area contributed by atoms with Gasteiger partial charge in [-0.15, -0.1) is 11.8 Å². The van der Waals surface area contributed by atoms with E-state index in [-0.39, 0.29) is 70.0 Å². The number of thiazole rings is 1. The zero-order valence-corrected chi connectivity index (χ0v) is 28.7. The number of imide groups is 1. The molecule has 2 saturated carbocycles. The third-order valence-corrected chi connectivity index (χ3v) is 13.3. The normalized spacial score (nSPS) is 26.1. The van der Waals surface area contributed by atoms with Gasteiger partial charge in [-0.25, -0.2) is 0 Å². The second kappa shape index (κ2) is 12.2. The number of thioether (sulfide) groups is 1. The molecule has 4 aliphatic rings. The Morgan fingerprint density at radius 2 is 1.62 bits per heavy atom. The molecule has 2 bridgehead atoms. The molecule has 4 unspecified atom stereocenters. The van der Waals surface area contributed by atoms with Gasteiger partial charge in [0.15, 0.2) is 18.1 Å². The number of anilines is 2. The van der Waals surface area contributed by atoms with Crippen molar-refractivity contribution in [2.24, 2.45) is 29.6 Å². The summed E-state index contributed by atoms with van der Waals surface area (Å²) < 4.78 is 12.1. The summed E-state index contributed by atoms with van der Waals surface area (Å²) in [6.07, 6.45) is 0.805. The summed E-state index contributed by atoms with van der Waals surface area (Å²) in [5.74, 6) is -0.416. The van der Waals surface area contributed by atoms with Crippen molar-refractivity contribution in [3.63, 3.8) is 0 Å². The lowest BCUT2D eigenvalue weighted by Gasteiger charge is -2.43. The van der Waals surface area contributed by atoms with Crippen LogP contribution in [-0.2, 0) is 14.4 Å². The molecule has 3 amide bonds. The van der Waals surface area contributed by atoms with Gasteiger partial charge in [-0.2, -0.15) is 0 Å². The van der Waals surface area contributed by atoms with E-state index in [1.165, 1.54) is 16.2 Å². The smallest absolute Gasteiger partial charge is 0.305 e. The van der Waals surface area contributed by atoms with Crippen molar-refractivity contribution in [1.82, 2.24) is 4.98 Å². The fourth-order valence-corrected chi connectivity index (χ4v) is 11.8. The van der Waals surface area contributed by atoms with Crippen LogP contribution in [0.15, 0.2) is 101 Å². The number of hydrogen-bond donors (Lipinski definition) is 2. The van der Waals surface area contributed by atoms with Crippen LogP contribution in [0.25, 0.3) is 10.8 Å². The van der Waals surface area contributed by atoms with Crippen molar-refractivity contribution in [2.45, 2.75) is 29.5 Å². The van der Waals surface area contributed by atoms with Crippen molar-refractivity contribution >= 4 is 63.0 Å². The van der Waals surface area contributed by atoms with Crippen molar-refractivity contribution < 1.29 is 23.9 Å². The van der Waals surface area contributed by atoms with Gasteiger partial charge in [0.1, 0.15) is 0 Å². The fourth-order valence-electron chi connectivity index (χ4n) is 8.93. The van der Waals surface area contributed by atoms with Gasteiger partial charge in [0.25, 0.3) is 5.91 Å². The molecule has 2 N–H and O–H groups in total. The number of carbonyl (C=O) groups excluding carboxylic acids is 3. The highest BCUT2D eigenvalue weighted by Gasteiger charge is 2.69. The monoisotopic (exact) mass is 703 g/mol. The zero-order valence-electron chi connectivity index (χ0n) is 27.0. The quantitative estimate of drug-likeness (QED) is 0.173. The van der Waals surface area contributed by atoms with Crippen LogP contribution in [0.5, 0.6) is 11.5 Å². The number of para-hydroxylation sites is 1. The maximum atomic E-state index is 14.0. The van der Waals surface area contributed by atoms with Gasteiger partial charge in [-0.05, 0) is 83.8 Å². The highest BCUT2D eigenvalue weighted by Crippen LogP contribution is 2.68. The number of aromatic nitrogens is 1. The molecule has 0 spiro atoms. The van der Waals surface area contributed by atoms with Crippen LogP contribution in [0.3, 0.4) is 0 Å². The van der Waals surface area contributed by atoms with Crippen molar-refractivity contribution in [3.05, 3.63) is 111 Å². The number of rotatable bonds is 8. The summed E-state index contributed by atoms with van der Waals surface area (Å²) in [5.41, 5.74) is 2.26. The molecule has 50 heavy (non-hydrogen) atoms. The molecule has 3 fully saturated rings. The standard InChI is InChI=1S/C39H33N3O6S2/c1-2-47-28-17-22(13-15-27(28)48-19-29(43)40-23-14-12-20-8-6-7-9-21(20)16-23)30-31-25-18-26(34(31)49-36-35(30)50-39(46)41-36)33-32(25)37(44)42(38(33)45)24-10-4-3-5-11-24/h3-17,25-26,30-34H,2,18-19H2,1H3,(H,40,43)(H,41,46)/t25-,26-,30-,31?,32?,33?,34?/m1/s1. The molecule has 0 radical (unpaired) electrons.